The second-order valence-electron chi connectivity index (χ2n) is 8.64. The smallest absolute Gasteiger partial charge is 0.270 e. The summed E-state index contributed by atoms with van der Waals surface area (Å²) in [5.74, 6) is 0. The number of benzene rings is 1. The molecule has 1 fully saturated rings. The summed E-state index contributed by atoms with van der Waals surface area (Å²) in [4.78, 5) is 26.6. The van der Waals surface area contributed by atoms with Crippen molar-refractivity contribution in [3.63, 3.8) is 0 Å². The van der Waals surface area contributed by atoms with Crippen molar-refractivity contribution in [1.82, 2.24) is 19.4 Å². The van der Waals surface area contributed by atoms with Gasteiger partial charge in [0.05, 0.1) is 22.4 Å². The molecule has 0 saturated carbocycles. The molecule has 4 heterocycles. The summed E-state index contributed by atoms with van der Waals surface area (Å²) in [6.45, 7) is 4.86. The van der Waals surface area contributed by atoms with Crippen molar-refractivity contribution in [3.05, 3.63) is 75.8 Å². The zero-order valence-corrected chi connectivity index (χ0v) is 19.1. The maximum atomic E-state index is 12.9. The number of piperazine rings is 1. The van der Waals surface area contributed by atoms with Crippen molar-refractivity contribution >= 4 is 27.6 Å². The zero-order chi connectivity index (χ0) is 23.8. The lowest BCUT2D eigenvalue weighted by Crippen LogP contribution is -2.52. The molecule has 0 radical (unpaired) electrons. The minimum Gasteiger partial charge on any atom is -0.366 e. The fourth-order valence-electron chi connectivity index (χ4n) is 4.70. The number of hydrogen-bond acceptors (Lipinski definition) is 7. The van der Waals surface area contributed by atoms with E-state index in [1.165, 1.54) is 4.57 Å². The average Bonchev–Trinajstić information content (AvgIpc) is 2.86. The second-order valence-corrected chi connectivity index (χ2v) is 8.64. The van der Waals surface area contributed by atoms with Gasteiger partial charge in [0.2, 0.25) is 0 Å². The highest BCUT2D eigenvalue weighted by atomic mass is 16.1. The molecule has 0 aliphatic carbocycles. The van der Waals surface area contributed by atoms with Crippen LogP contribution in [-0.4, -0.2) is 45.1 Å². The minimum absolute atomic E-state index is 0.0643. The van der Waals surface area contributed by atoms with E-state index in [0.29, 0.717) is 29.8 Å². The van der Waals surface area contributed by atoms with Crippen LogP contribution in [0.1, 0.15) is 23.9 Å². The molecular weight excluding hydrogens is 426 g/mol. The number of aryl methyl sites for hydroxylation is 1. The Hall–Kier alpha value is -4.27. The summed E-state index contributed by atoms with van der Waals surface area (Å²) >= 11 is 0. The molecule has 4 aromatic rings. The van der Waals surface area contributed by atoms with E-state index in [-0.39, 0.29) is 22.9 Å². The Balaban J connectivity index is 1.47. The number of nitrogens with zero attached hydrogens (tertiary/aromatic N) is 7. The minimum atomic E-state index is -0.355. The van der Waals surface area contributed by atoms with E-state index in [1.54, 1.807) is 19.2 Å². The Kier molecular flexibility index (Phi) is 5.45. The molecule has 168 valence electrons. The standard InChI is InChI=1S/C26H23N7O/c1-17-15-33(12-11-32(17)16-20-8-7-18-5-3-4-6-22(18)29-20)25-21(14-28)26(34)31(2)23-10-9-19(13-27)30-24(23)25/h3-10,17H,11-12,15-16H2,1-2H3/t17-/m1/s1. The van der Waals surface area contributed by atoms with Crippen LogP contribution in [0.2, 0.25) is 0 Å². The Bertz CT molecular complexity index is 1560. The van der Waals surface area contributed by atoms with Crippen molar-refractivity contribution in [1.29, 1.82) is 10.5 Å². The predicted octanol–water partition coefficient (Wildman–Crippen LogP) is 2.94. The van der Waals surface area contributed by atoms with Gasteiger partial charge in [-0.3, -0.25) is 14.7 Å². The SMILES string of the molecule is C[C@@H]1CN(c2c(C#N)c(=O)n(C)c3ccc(C#N)nc23)CCN1Cc1ccc2ccccc2n1. The van der Waals surface area contributed by atoms with Crippen molar-refractivity contribution in [2.24, 2.45) is 7.05 Å². The van der Waals surface area contributed by atoms with Crippen LogP contribution >= 0.6 is 0 Å². The third-order valence-corrected chi connectivity index (χ3v) is 6.54. The monoisotopic (exact) mass is 449 g/mol. The highest BCUT2D eigenvalue weighted by Crippen LogP contribution is 2.29. The van der Waals surface area contributed by atoms with Crippen LogP contribution in [0, 0.1) is 22.7 Å². The maximum Gasteiger partial charge on any atom is 0.270 e. The van der Waals surface area contributed by atoms with Crippen LogP contribution in [0.3, 0.4) is 0 Å². The average molecular weight is 450 g/mol. The molecule has 1 aliphatic heterocycles. The van der Waals surface area contributed by atoms with Gasteiger partial charge < -0.3 is 9.47 Å². The molecular formula is C26H23N7O. The largest absolute Gasteiger partial charge is 0.366 e. The molecule has 0 N–H and O–H groups in total. The summed E-state index contributed by atoms with van der Waals surface area (Å²) in [5.41, 5.74) is 3.59. The van der Waals surface area contributed by atoms with Gasteiger partial charge in [-0.1, -0.05) is 24.3 Å². The van der Waals surface area contributed by atoms with Crippen molar-refractivity contribution in [3.8, 4) is 12.1 Å². The molecule has 1 aromatic carbocycles. The first kappa shape index (κ1) is 21.6. The summed E-state index contributed by atoms with van der Waals surface area (Å²) in [6, 6.07) is 19.9. The van der Waals surface area contributed by atoms with Crippen molar-refractivity contribution in [2.75, 3.05) is 24.5 Å². The van der Waals surface area contributed by atoms with Gasteiger partial charge >= 0.3 is 0 Å². The van der Waals surface area contributed by atoms with Crippen LogP contribution < -0.4 is 10.5 Å². The second kappa shape index (κ2) is 8.58. The molecule has 3 aromatic heterocycles. The number of fused-ring (bicyclic) bond motifs is 2. The Labute approximate surface area is 196 Å². The fraction of sp³-hybridized carbons (Fsp3) is 0.269. The summed E-state index contributed by atoms with van der Waals surface area (Å²) in [7, 11) is 1.63. The van der Waals surface area contributed by atoms with Gasteiger partial charge in [0.15, 0.2) is 0 Å². The number of hydrogen-bond donors (Lipinski definition) is 0. The molecule has 1 saturated heterocycles. The van der Waals surface area contributed by atoms with E-state index in [2.05, 4.69) is 52.0 Å². The molecule has 0 bridgehead atoms. The van der Waals surface area contributed by atoms with E-state index in [0.717, 1.165) is 29.7 Å². The van der Waals surface area contributed by atoms with Crippen LogP contribution in [-0.2, 0) is 13.6 Å². The molecule has 1 aliphatic rings. The lowest BCUT2D eigenvalue weighted by molar-refractivity contribution is 0.179. The predicted molar refractivity (Wildman–Crippen MR) is 130 cm³/mol. The number of anilines is 1. The van der Waals surface area contributed by atoms with Gasteiger partial charge in [-0.15, -0.1) is 0 Å². The number of aromatic nitrogens is 3. The molecule has 34 heavy (non-hydrogen) atoms. The van der Waals surface area contributed by atoms with Crippen molar-refractivity contribution < 1.29 is 0 Å². The first-order chi connectivity index (χ1) is 16.5. The number of pyridine rings is 3. The molecule has 8 nitrogen and oxygen atoms in total. The highest BCUT2D eigenvalue weighted by molar-refractivity contribution is 5.92. The Morgan fingerprint density at radius 1 is 1.03 bits per heavy atom. The molecule has 0 amide bonds. The van der Waals surface area contributed by atoms with E-state index in [4.69, 9.17) is 4.98 Å². The van der Waals surface area contributed by atoms with E-state index >= 15 is 0 Å². The van der Waals surface area contributed by atoms with Crippen LogP contribution in [0.5, 0.6) is 0 Å². The molecule has 5 rings (SSSR count). The van der Waals surface area contributed by atoms with Crippen LogP contribution in [0.25, 0.3) is 21.9 Å². The molecule has 0 spiro atoms. The van der Waals surface area contributed by atoms with Crippen LogP contribution in [0.15, 0.2) is 53.3 Å². The molecule has 8 heteroatoms. The van der Waals surface area contributed by atoms with E-state index < -0.39 is 0 Å². The Morgan fingerprint density at radius 3 is 2.62 bits per heavy atom. The maximum absolute atomic E-state index is 12.9. The zero-order valence-electron chi connectivity index (χ0n) is 19.1. The lowest BCUT2D eigenvalue weighted by atomic mass is 10.1. The first-order valence-electron chi connectivity index (χ1n) is 11.2. The topological polar surface area (TPSA) is 102 Å². The van der Waals surface area contributed by atoms with Gasteiger partial charge in [-0.25, -0.2) is 4.98 Å². The van der Waals surface area contributed by atoms with Crippen molar-refractivity contribution in [2.45, 2.75) is 19.5 Å². The first-order valence-corrected chi connectivity index (χ1v) is 11.2. The lowest BCUT2D eigenvalue weighted by Gasteiger charge is -2.41. The van der Waals surface area contributed by atoms with Gasteiger partial charge in [0.1, 0.15) is 28.9 Å². The molecule has 0 unspecified atom stereocenters. The molecule has 1 atom stereocenters. The fourth-order valence-corrected chi connectivity index (χ4v) is 4.70. The summed E-state index contributed by atoms with van der Waals surface area (Å²) in [6.07, 6.45) is 0. The number of rotatable bonds is 3. The number of para-hydroxylation sites is 1. The van der Waals surface area contributed by atoms with Gasteiger partial charge in [-0.05, 0) is 31.2 Å². The highest BCUT2D eigenvalue weighted by Gasteiger charge is 2.29. The normalized spacial score (nSPS) is 16.5. The third-order valence-electron chi connectivity index (χ3n) is 6.54. The number of nitriles is 2. The Morgan fingerprint density at radius 2 is 1.85 bits per heavy atom. The van der Waals surface area contributed by atoms with Crippen LogP contribution in [0.4, 0.5) is 5.69 Å². The van der Waals surface area contributed by atoms with E-state index in [1.807, 2.05) is 18.2 Å². The quantitative estimate of drug-likeness (QED) is 0.474. The third kappa shape index (κ3) is 3.64. The van der Waals surface area contributed by atoms with Gasteiger partial charge in [0.25, 0.3) is 5.56 Å². The summed E-state index contributed by atoms with van der Waals surface area (Å²) in [5, 5.41) is 20.3. The summed E-state index contributed by atoms with van der Waals surface area (Å²) < 4.78 is 1.43. The van der Waals surface area contributed by atoms with Gasteiger partial charge in [0, 0.05) is 44.7 Å². The van der Waals surface area contributed by atoms with E-state index in [9.17, 15) is 15.3 Å². The van der Waals surface area contributed by atoms with Gasteiger partial charge in [-0.2, -0.15) is 10.5 Å².